The third-order valence-electron chi connectivity index (χ3n) is 3.88. The number of hydrazone groups is 1. The summed E-state index contributed by atoms with van der Waals surface area (Å²) in [7, 11) is 1.58. The first-order valence-corrected chi connectivity index (χ1v) is 7.65. The lowest BCUT2D eigenvalue weighted by atomic mass is 9.98. The Kier molecular flexibility index (Phi) is 4.65. The second kappa shape index (κ2) is 7.04. The number of hydrogen-bond acceptors (Lipinski definition) is 5. The van der Waals surface area contributed by atoms with Crippen molar-refractivity contribution >= 4 is 17.7 Å². The third kappa shape index (κ3) is 3.60. The number of nitrogens with one attached hydrogen (secondary N) is 1. The van der Waals surface area contributed by atoms with Gasteiger partial charge in [0, 0.05) is 12.0 Å². The summed E-state index contributed by atoms with van der Waals surface area (Å²) < 4.78 is 10.6. The van der Waals surface area contributed by atoms with Crippen LogP contribution in [0, 0.1) is 0 Å². The molecule has 1 aliphatic rings. The number of primary amides is 1. The van der Waals surface area contributed by atoms with Crippen LogP contribution in [0.15, 0.2) is 53.6 Å². The Morgan fingerprint density at radius 3 is 2.64 bits per heavy atom. The Morgan fingerprint density at radius 2 is 1.96 bits per heavy atom. The lowest BCUT2D eigenvalue weighted by Crippen LogP contribution is -2.26. The van der Waals surface area contributed by atoms with Crippen LogP contribution in [0.4, 0.5) is 4.79 Å². The van der Waals surface area contributed by atoms with Crippen LogP contribution < -0.4 is 15.9 Å². The highest BCUT2D eigenvalue weighted by atomic mass is 16.5. The van der Waals surface area contributed by atoms with Gasteiger partial charge in [0.1, 0.15) is 11.9 Å². The number of nitrogens with zero attached hydrogens (tertiary/aromatic N) is 1. The van der Waals surface area contributed by atoms with Gasteiger partial charge in [0.05, 0.1) is 18.4 Å². The summed E-state index contributed by atoms with van der Waals surface area (Å²) in [4.78, 5) is 23.0. The number of cyclic esters (lactones) is 1. The molecule has 0 aromatic heterocycles. The van der Waals surface area contributed by atoms with E-state index >= 15 is 0 Å². The topological polar surface area (TPSA) is 103 Å². The van der Waals surface area contributed by atoms with Gasteiger partial charge in [-0.2, -0.15) is 5.10 Å². The van der Waals surface area contributed by atoms with Crippen LogP contribution in [0.1, 0.15) is 34.0 Å². The molecule has 7 heteroatoms. The maximum atomic E-state index is 12.0. The standard InChI is InChI=1S/C18H17N3O4/c1-24-12-8-6-11(7-9-12)15(20-21-18(19)23)10-16-13-4-2-3-5-14(13)17(22)25-16/h2-9,16H,10H2,1H3,(H3,19,21,23)/b20-15+/t16-/m1/s1. The van der Waals surface area contributed by atoms with Crippen LogP contribution in [0.3, 0.4) is 0 Å². The van der Waals surface area contributed by atoms with Crippen LogP contribution in [-0.2, 0) is 4.74 Å². The summed E-state index contributed by atoms with van der Waals surface area (Å²) in [6.45, 7) is 0. The summed E-state index contributed by atoms with van der Waals surface area (Å²) >= 11 is 0. The van der Waals surface area contributed by atoms with Crippen LogP contribution in [-0.4, -0.2) is 24.8 Å². The minimum absolute atomic E-state index is 0.301. The van der Waals surface area contributed by atoms with Crippen LogP contribution in [0.5, 0.6) is 5.75 Å². The normalized spacial score (nSPS) is 16.1. The Balaban J connectivity index is 1.89. The predicted molar refractivity (Wildman–Crippen MR) is 91.5 cm³/mol. The van der Waals surface area contributed by atoms with Gasteiger partial charge in [0.25, 0.3) is 0 Å². The van der Waals surface area contributed by atoms with Crippen LogP contribution in [0.2, 0.25) is 0 Å². The van der Waals surface area contributed by atoms with E-state index in [9.17, 15) is 9.59 Å². The lowest BCUT2D eigenvalue weighted by molar-refractivity contribution is 0.0400. The molecule has 1 atom stereocenters. The molecule has 0 radical (unpaired) electrons. The number of urea groups is 1. The van der Waals surface area contributed by atoms with E-state index in [1.807, 2.05) is 24.3 Å². The molecule has 128 valence electrons. The number of carbonyl (C=O) groups excluding carboxylic acids is 2. The zero-order valence-electron chi connectivity index (χ0n) is 13.6. The molecule has 1 aliphatic heterocycles. The summed E-state index contributed by atoms with van der Waals surface area (Å²) in [5.41, 5.74) is 9.99. The van der Waals surface area contributed by atoms with E-state index in [1.165, 1.54) is 0 Å². The first-order valence-electron chi connectivity index (χ1n) is 7.65. The number of benzene rings is 2. The number of nitrogens with two attached hydrogens (primary N) is 1. The zero-order valence-corrected chi connectivity index (χ0v) is 13.6. The van der Waals surface area contributed by atoms with Gasteiger partial charge in [-0.25, -0.2) is 15.0 Å². The molecule has 0 saturated carbocycles. The fourth-order valence-electron chi connectivity index (χ4n) is 2.68. The number of esters is 1. The van der Waals surface area contributed by atoms with E-state index in [0.717, 1.165) is 11.1 Å². The Morgan fingerprint density at radius 1 is 1.24 bits per heavy atom. The van der Waals surface area contributed by atoms with Crippen LogP contribution >= 0.6 is 0 Å². The predicted octanol–water partition coefficient (Wildman–Crippen LogP) is 2.37. The minimum atomic E-state index is -0.769. The largest absolute Gasteiger partial charge is 0.497 e. The molecule has 2 aromatic rings. The molecule has 2 aromatic carbocycles. The number of ether oxygens (including phenoxy) is 2. The average molecular weight is 339 g/mol. The van der Waals surface area contributed by atoms with E-state index in [0.29, 0.717) is 23.4 Å². The fraction of sp³-hybridized carbons (Fsp3) is 0.167. The van der Waals surface area contributed by atoms with Gasteiger partial charge in [-0.3, -0.25) is 0 Å². The molecule has 0 spiro atoms. The SMILES string of the molecule is COc1ccc(/C(C[C@H]2OC(=O)c3ccccc32)=N/NC(N)=O)cc1. The molecule has 1 heterocycles. The first-order chi connectivity index (χ1) is 12.1. The van der Waals surface area contributed by atoms with Crippen molar-refractivity contribution in [1.82, 2.24) is 5.43 Å². The third-order valence-corrected chi connectivity index (χ3v) is 3.88. The highest BCUT2D eigenvalue weighted by Gasteiger charge is 2.31. The van der Waals surface area contributed by atoms with E-state index in [1.54, 1.807) is 31.4 Å². The maximum absolute atomic E-state index is 12.0. The molecule has 3 N–H and O–H groups in total. The molecule has 0 saturated heterocycles. The first kappa shape index (κ1) is 16.5. The van der Waals surface area contributed by atoms with E-state index in [-0.39, 0.29) is 5.97 Å². The van der Waals surface area contributed by atoms with Gasteiger partial charge in [-0.1, -0.05) is 18.2 Å². The van der Waals surface area contributed by atoms with Gasteiger partial charge in [-0.05, 0) is 35.9 Å². The van der Waals surface area contributed by atoms with Crippen molar-refractivity contribution in [2.75, 3.05) is 7.11 Å². The number of carbonyl (C=O) groups is 2. The van der Waals surface area contributed by atoms with Gasteiger partial charge in [0.2, 0.25) is 0 Å². The summed E-state index contributed by atoms with van der Waals surface area (Å²) in [5, 5.41) is 4.07. The minimum Gasteiger partial charge on any atom is -0.497 e. The smallest absolute Gasteiger partial charge is 0.339 e. The second-order valence-corrected chi connectivity index (χ2v) is 5.45. The van der Waals surface area contributed by atoms with Gasteiger partial charge in [-0.15, -0.1) is 0 Å². The summed E-state index contributed by atoms with van der Waals surface area (Å²) in [5.74, 6) is 0.334. The van der Waals surface area contributed by atoms with Crippen molar-refractivity contribution in [2.45, 2.75) is 12.5 Å². The second-order valence-electron chi connectivity index (χ2n) is 5.45. The molecule has 0 fully saturated rings. The van der Waals surface area contributed by atoms with Crippen molar-refractivity contribution < 1.29 is 19.1 Å². The number of rotatable bonds is 5. The van der Waals surface area contributed by atoms with Crippen molar-refractivity contribution in [3.05, 3.63) is 65.2 Å². The molecular weight excluding hydrogens is 322 g/mol. The molecule has 7 nitrogen and oxygen atoms in total. The van der Waals surface area contributed by atoms with Crippen molar-refractivity contribution in [1.29, 1.82) is 0 Å². The highest BCUT2D eigenvalue weighted by Crippen LogP contribution is 2.34. The molecular formula is C18H17N3O4. The summed E-state index contributed by atoms with van der Waals surface area (Å²) in [6.07, 6.45) is -0.172. The monoisotopic (exact) mass is 339 g/mol. The molecule has 2 amide bonds. The van der Waals surface area contributed by atoms with Crippen molar-refractivity contribution in [2.24, 2.45) is 10.8 Å². The van der Waals surface area contributed by atoms with Gasteiger partial charge < -0.3 is 15.2 Å². The Bertz CT molecular complexity index is 830. The summed E-state index contributed by atoms with van der Waals surface area (Å²) in [6, 6.07) is 13.6. The Hall–Kier alpha value is -3.35. The number of fused-ring (bicyclic) bond motifs is 1. The number of amides is 2. The molecule has 0 aliphatic carbocycles. The van der Waals surface area contributed by atoms with Crippen molar-refractivity contribution in [3.8, 4) is 5.75 Å². The quantitative estimate of drug-likeness (QED) is 0.496. The average Bonchev–Trinajstić information content (AvgIpc) is 2.95. The maximum Gasteiger partial charge on any atom is 0.339 e. The molecule has 0 unspecified atom stereocenters. The fourth-order valence-corrected chi connectivity index (χ4v) is 2.68. The van der Waals surface area contributed by atoms with Gasteiger partial charge in [0.15, 0.2) is 0 Å². The lowest BCUT2D eigenvalue weighted by Gasteiger charge is -2.13. The van der Waals surface area contributed by atoms with Crippen molar-refractivity contribution in [3.63, 3.8) is 0 Å². The molecule has 3 rings (SSSR count). The molecule has 0 bridgehead atoms. The highest BCUT2D eigenvalue weighted by molar-refractivity contribution is 6.02. The van der Waals surface area contributed by atoms with E-state index in [2.05, 4.69) is 10.5 Å². The van der Waals surface area contributed by atoms with E-state index in [4.69, 9.17) is 15.2 Å². The number of hydrogen-bond donors (Lipinski definition) is 2. The Labute approximate surface area is 144 Å². The van der Waals surface area contributed by atoms with Crippen LogP contribution in [0.25, 0.3) is 0 Å². The zero-order chi connectivity index (χ0) is 17.8. The molecule has 25 heavy (non-hydrogen) atoms. The van der Waals surface area contributed by atoms with Gasteiger partial charge >= 0.3 is 12.0 Å². The number of methoxy groups -OCH3 is 1. The van der Waals surface area contributed by atoms with E-state index < -0.39 is 12.1 Å².